The normalized spacial score (nSPS) is 17.6. The molecule has 5 nitrogen and oxygen atoms in total. The van der Waals surface area contributed by atoms with Gasteiger partial charge in [0, 0.05) is 25.2 Å². The van der Waals surface area contributed by atoms with Crippen LogP contribution in [0.4, 0.5) is 4.79 Å². The van der Waals surface area contributed by atoms with Gasteiger partial charge in [0.25, 0.3) is 0 Å². The molecule has 0 bridgehead atoms. The van der Waals surface area contributed by atoms with Crippen molar-refractivity contribution >= 4 is 12.0 Å². The molecule has 1 aliphatic heterocycles. The second-order valence-electron chi connectivity index (χ2n) is 4.77. The summed E-state index contributed by atoms with van der Waals surface area (Å²) in [6.07, 6.45) is 5.83. The van der Waals surface area contributed by atoms with Gasteiger partial charge in [-0.15, -0.1) is 6.42 Å². The molecule has 1 heterocycles. The molecule has 0 saturated carbocycles. The van der Waals surface area contributed by atoms with Gasteiger partial charge in [-0.2, -0.15) is 0 Å². The van der Waals surface area contributed by atoms with Crippen molar-refractivity contribution in [3.8, 4) is 12.3 Å². The van der Waals surface area contributed by atoms with Crippen LogP contribution < -0.4 is 5.32 Å². The first-order chi connectivity index (χ1) is 9.60. The Morgan fingerprint density at radius 2 is 2.30 bits per heavy atom. The van der Waals surface area contributed by atoms with Gasteiger partial charge in [0.1, 0.15) is 0 Å². The van der Waals surface area contributed by atoms with Crippen LogP contribution in [0, 0.1) is 18.3 Å². The summed E-state index contributed by atoms with van der Waals surface area (Å²) in [7, 11) is 0. The Hall–Kier alpha value is -2.48. The van der Waals surface area contributed by atoms with Crippen LogP contribution in [0.1, 0.15) is 17.5 Å². The zero-order chi connectivity index (χ0) is 14.5. The predicted molar refractivity (Wildman–Crippen MR) is 73.9 cm³/mol. The molecule has 1 aliphatic rings. The maximum absolute atomic E-state index is 11.9. The van der Waals surface area contributed by atoms with Crippen LogP contribution in [0.15, 0.2) is 24.3 Å². The number of hydrogen-bond donors (Lipinski definition) is 2. The Balaban J connectivity index is 1.87. The van der Waals surface area contributed by atoms with Gasteiger partial charge in [-0.25, -0.2) is 4.79 Å². The highest BCUT2D eigenvalue weighted by Crippen LogP contribution is 2.16. The number of benzene rings is 1. The molecule has 1 aromatic carbocycles. The molecule has 2 N–H and O–H groups in total. The lowest BCUT2D eigenvalue weighted by atomic mass is 10.1. The number of urea groups is 1. The minimum Gasteiger partial charge on any atom is -0.481 e. The van der Waals surface area contributed by atoms with Crippen molar-refractivity contribution in [1.82, 2.24) is 10.2 Å². The van der Waals surface area contributed by atoms with Crippen LogP contribution in [0.2, 0.25) is 0 Å². The maximum Gasteiger partial charge on any atom is 0.317 e. The van der Waals surface area contributed by atoms with E-state index in [0.717, 1.165) is 11.1 Å². The molecule has 20 heavy (non-hydrogen) atoms. The number of hydrogen-bond acceptors (Lipinski definition) is 2. The zero-order valence-corrected chi connectivity index (χ0v) is 11.0. The van der Waals surface area contributed by atoms with E-state index in [9.17, 15) is 9.59 Å². The molecule has 104 valence electrons. The van der Waals surface area contributed by atoms with Crippen LogP contribution in [0.3, 0.4) is 0 Å². The number of carbonyl (C=O) groups excluding carboxylic acids is 1. The van der Waals surface area contributed by atoms with E-state index in [0.29, 0.717) is 19.5 Å². The maximum atomic E-state index is 11.9. The van der Waals surface area contributed by atoms with Crippen molar-refractivity contribution in [3.05, 3.63) is 35.4 Å². The highest BCUT2D eigenvalue weighted by atomic mass is 16.4. The molecular formula is C15H16N2O3. The van der Waals surface area contributed by atoms with Crippen LogP contribution in [0.5, 0.6) is 0 Å². The van der Waals surface area contributed by atoms with Gasteiger partial charge < -0.3 is 15.3 Å². The molecule has 2 rings (SSSR count). The van der Waals surface area contributed by atoms with Gasteiger partial charge in [-0.1, -0.05) is 18.1 Å². The fourth-order valence-corrected chi connectivity index (χ4v) is 2.21. The first-order valence-electron chi connectivity index (χ1n) is 6.41. The number of rotatable bonds is 3. The van der Waals surface area contributed by atoms with Crippen molar-refractivity contribution < 1.29 is 14.7 Å². The van der Waals surface area contributed by atoms with E-state index in [1.807, 2.05) is 24.3 Å². The number of nitrogens with zero attached hydrogens (tertiary/aromatic N) is 1. The highest BCUT2D eigenvalue weighted by molar-refractivity contribution is 5.77. The topological polar surface area (TPSA) is 69.6 Å². The number of carboxylic acids is 1. The summed E-state index contributed by atoms with van der Waals surface area (Å²) in [5.74, 6) is 1.24. The summed E-state index contributed by atoms with van der Waals surface area (Å²) in [6, 6.07) is 7.14. The van der Waals surface area contributed by atoms with E-state index < -0.39 is 11.9 Å². The molecule has 1 aromatic rings. The summed E-state index contributed by atoms with van der Waals surface area (Å²) in [6.45, 7) is 1.13. The van der Waals surface area contributed by atoms with Crippen LogP contribution in [-0.2, 0) is 11.3 Å². The van der Waals surface area contributed by atoms with Crippen molar-refractivity contribution in [2.75, 3.05) is 13.1 Å². The average Bonchev–Trinajstić information content (AvgIpc) is 2.95. The quantitative estimate of drug-likeness (QED) is 0.814. The first-order valence-corrected chi connectivity index (χ1v) is 6.41. The van der Waals surface area contributed by atoms with Crippen LogP contribution in [0.25, 0.3) is 0 Å². The van der Waals surface area contributed by atoms with E-state index in [1.54, 1.807) is 0 Å². The fraction of sp³-hybridized carbons (Fsp3) is 0.333. The average molecular weight is 272 g/mol. The Bertz CT molecular complexity index is 562. The molecule has 2 amide bonds. The van der Waals surface area contributed by atoms with E-state index in [1.165, 1.54) is 4.90 Å². The molecule has 0 aromatic heterocycles. The summed E-state index contributed by atoms with van der Waals surface area (Å²) in [5, 5.41) is 11.7. The molecular weight excluding hydrogens is 256 g/mol. The van der Waals surface area contributed by atoms with Gasteiger partial charge in [-0.3, -0.25) is 4.79 Å². The largest absolute Gasteiger partial charge is 0.481 e. The first kappa shape index (κ1) is 13.9. The second-order valence-corrected chi connectivity index (χ2v) is 4.77. The number of terminal acetylenes is 1. The third kappa shape index (κ3) is 3.29. The van der Waals surface area contributed by atoms with Crippen molar-refractivity contribution in [2.45, 2.75) is 13.0 Å². The highest BCUT2D eigenvalue weighted by Gasteiger charge is 2.30. The zero-order valence-electron chi connectivity index (χ0n) is 11.0. The van der Waals surface area contributed by atoms with Crippen molar-refractivity contribution in [3.63, 3.8) is 0 Å². The Labute approximate surface area is 117 Å². The third-order valence-corrected chi connectivity index (χ3v) is 3.36. The summed E-state index contributed by atoms with van der Waals surface area (Å²) in [4.78, 5) is 24.3. The van der Waals surface area contributed by atoms with Gasteiger partial charge in [0.15, 0.2) is 0 Å². The number of carbonyl (C=O) groups is 2. The molecule has 1 unspecified atom stereocenters. The second kappa shape index (κ2) is 6.11. The molecule has 1 atom stereocenters. The lowest BCUT2D eigenvalue weighted by molar-refractivity contribution is -0.141. The molecule has 5 heteroatoms. The molecule has 0 radical (unpaired) electrons. The number of nitrogens with one attached hydrogen (secondary N) is 1. The summed E-state index contributed by atoms with van der Waals surface area (Å²) in [5.41, 5.74) is 1.69. The van der Waals surface area contributed by atoms with Crippen molar-refractivity contribution in [2.24, 2.45) is 5.92 Å². The van der Waals surface area contributed by atoms with Gasteiger partial charge in [0.2, 0.25) is 0 Å². The number of carboxylic acid groups (broad SMARTS) is 1. The smallest absolute Gasteiger partial charge is 0.317 e. The van der Waals surface area contributed by atoms with Crippen LogP contribution in [-0.4, -0.2) is 35.1 Å². The predicted octanol–water partition coefficient (Wildman–Crippen LogP) is 1.28. The summed E-state index contributed by atoms with van der Waals surface area (Å²) < 4.78 is 0. The monoisotopic (exact) mass is 272 g/mol. The lowest BCUT2D eigenvalue weighted by Crippen LogP contribution is -2.38. The van der Waals surface area contributed by atoms with Gasteiger partial charge in [0.05, 0.1) is 5.92 Å². The fourth-order valence-electron chi connectivity index (χ4n) is 2.21. The third-order valence-electron chi connectivity index (χ3n) is 3.36. The minimum absolute atomic E-state index is 0.236. The Morgan fingerprint density at radius 3 is 2.95 bits per heavy atom. The van der Waals surface area contributed by atoms with E-state index in [2.05, 4.69) is 11.2 Å². The van der Waals surface area contributed by atoms with Gasteiger partial charge >= 0.3 is 12.0 Å². The number of aliphatic carboxylic acids is 1. The number of amides is 2. The van der Waals surface area contributed by atoms with Crippen LogP contribution >= 0.6 is 0 Å². The van der Waals surface area contributed by atoms with Crippen molar-refractivity contribution in [1.29, 1.82) is 0 Å². The molecule has 0 aliphatic carbocycles. The molecule has 0 spiro atoms. The van der Waals surface area contributed by atoms with Gasteiger partial charge in [-0.05, 0) is 24.1 Å². The Kier molecular flexibility index (Phi) is 4.26. The van der Waals surface area contributed by atoms with E-state index in [4.69, 9.17) is 11.5 Å². The Morgan fingerprint density at radius 1 is 1.50 bits per heavy atom. The minimum atomic E-state index is -0.845. The lowest BCUT2D eigenvalue weighted by Gasteiger charge is -2.16. The van der Waals surface area contributed by atoms with E-state index in [-0.39, 0.29) is 12.6 Å². The standard InChI is InChI=1S/C15H16N2O3/c1-2-11-4-3-5-12(8-11)9-16-15(20)17-7-6-13(10-17)14(18)19/h1,3-5,8,13H,6-7,9-10H2,(H,16,20)(H,18,19). The summed E-state index contributed by atoms with van der Waals surface area (Å²) >= 11 is 0. The SMILES string of the molecule is C#Cc1cccc(CNC(=O)N2CCC(C(=O)O)C2)c1. The van der Waals surface area contributed by atoms with E-state index >= 15 is 0 Å². The number of likely N-dealkylation sites (tertiary alicyclic amines) is 1. The molecule has 1 saturated heterocycles. The molecule has 1 fully saturated rings.